The van der Waals surface area contributed by atoms with E-state index in [1.54, 1.807) is 31.4 Å². The molecule has 0 aliphatic carbocycles. The molecule has 1 saturated heterocycles. The van der Waals surface area contributed by atoms with Crippen molar-refractivity contribution in [2.24, 2.45) is 5.73 Å². The van der Waals surface area contributed by atoms with Gasteiger partial charge in [-0.1, -0.05) is 60.7 Å². The zero-order chi connectivity index (χ0) is 23.8. The number of rotatable bonds is 10. The van der Waals surface area contributed by atoms with Gasteiger partial charge in [-0.2, -0.15) is 0 Å². The molecular weight excluding hydrogens is 434 g/mol. The SMILES string of the molecule is COc1ccc(OC2OC(COCc3ccccc3)C(O)C(OCc3ccccc3)C2N)cc1. The van der Waals surface area contributed by atoms with Crippen molar-refractivity contribution < 1.29 is 28.8 Å². The van der Waals surface area contributed by atoms with Crippen molar-refractivity contribution >= 4 is 0 Å². The van der Waals surface area contributed by atoms with Crippen LogP contribution in [-0.4, -0.2) is 49.5 Å². The fourth-order valence-electron chi connectivity index (χ4n) is 3.81. The summed E-state index contributed by atoms with van der Waals surface area (Å²) < 4.78 is 29.2. The van der Waals surface area contributed by atoms with Gasteiger partial charge in [0.05, 0.1) is 33.0 Å². The monoisotopic (exact) mass is 465 g/mol. The topological polar surface area (TPSA) is 92.4 Å². The van der Waals surface area contributed by atoms with Crippen molar-refractivity contribution in [3.8, 4) is 11.5 Å². The molecule has 0 spiro atoms. The van der Waals surface area contributed by atoms with Crippen LogP contribution in [0.4, 0.5) is 0 Å². The predicted molar refractivity (Wildman–Crippen MR) is 127 cm³/mol. The molecule has 0 bridgehead atoms. The second-order valence-electron chi connectivity index (χ2n) is 8.17. The third-order valence-electron chi connectivity index (χ3n) is 5.71. The summed E-state index contributed by atoms with van der Waals surface area (Å²) in [6.07, 6.45) is -3.19. The van der Waals surface area contributed by atoms with Crippen LogP contribution in [0.3, 0.4) is 0 Å². The molecule has 7 heteroatoms. The third-order valence-corrected chi connectivity index (χ3v) is 5.71. The first kappa shape index (κ1) is 24.2. The van der Waals surface area contributed by atoms with E-state index in [-0.39, 0.29) is 6.61 Å². The fourth-order valence-corrected chi connectivity index (χ4v) is 3.81. The first-order chi connectivity index (χ1) is 16.6. The smallest absolute Gasteiger partial charge is 0.218 e. The number of ether oxygens (including phenoxy) is 5. The van der Waals surface area contributed by atoms with Gasteiger partial charge in [0.1, 0.15) is 29.8 Å². The zero-order valence-electron chi connectivity index (χ0n) is 19.2. The Kier molecular flexibility index (Phi) is 8.51. The standard InChI is InChI=1S/C27H31NO6/c1-30-21-12-14-22(15-13-21)33-27-24(28)26(32-17-20-10-6-3-7-11-20)25(29)23(34-27)18-31-16-19-8-4-2-5-9-19/h2-15,23-27,29H,16-18,28H2,1H3. The summed E-state index contributed by atoms with van der Waals surface area (Å²) in [4.78, 5) is 0. The summed E-state index contributed by atoms with van der Waals surface area (Å²) in [5.41, 5.74) is 8.48. The van der Waals surface area contributed by atoms with E-state index in [9.17, 15) is 5.11 Å². The molecule has 3 N–H and O–H groups in total. The van der Waals surface area contributed by atoms with E-state index in [0.717, 1.165) is 11.1 Å². The summed E-state index contributed by atoms with van der Waals surface area (Å²) >= 11 is 0. The summed E-state index contributed by atoms with van der Waals surface area (Å²) in [5, 5.41) is 11.0. The number of hydrogen-bond donors (Lipinski definition) is 2. The minimum absolute atomic E-state index is 0.163. The van der Waals surface area contributed by atoms with Crippen molar-refractivity contribution in [2.45, 2.75) is 43.9 Å². The van der Waals surface area contributed by atoms with Gasteiger partial charge in [-0.25, -0.2) is 0 Å². The van der Waals surface area contributed by atoms with Crippen LogP contribution >= 0.6 is 0 Å². The maximum Gasteiger partial charge on any atom is 0.218 e. The van der Waals surface area contributed by atoms with Crippen LogP contribution in [0.2, 0.25) is 0 Å². The van der Waals surface area contributed by atoms with Gasteiger partial charge in [-0.15, -0.1) is 0 Å². The van der Waals surface area contributed by atoms with Gasteiger partial charge in [0.2, 0.25) is 6.29 Å². The minimum Gasteiger partial charge on any atom is -0.497 e. The summed E-state index contributed by atoms with van der Waals surface area (Å²) in [7, 11) is 1.60. The van der Waals surface area contributed by atoms with Crippen LogP contribution in [0.5, 0.6) is 11.5 Å². The van der Waals surface area contributed by atoms with Crippen molar-refractivity contribution in [3.63, 3.8) is 0 Å². The van der Waals surface area contributed by atoms with E-state index in [1.807, 2.05) is 60.7 Å². The maximum absolute atomic E-state index is 11.0. The molecule has 4 rings (SSSR count). The highest BCUT2D eigenvalue weighted by Crippen LogP contribution is 2.27. The van der Waals surface area contributed by atoms with Gasteiger partial charge in [0, 0.05) is 0 Å². The first-order valence-electron chi connectivity index (χ1n) is 11.3. The van der Waals surface area contributed by atoms with Crippen LogP contribution in [0, 0.1) is 0 Å². The van der Waals surface area contributed by atoms with Crippen LogP contribution in [-0.2, 0) is 27.4 Å². The highest BCUT2D eigenvalue weighted by molar-refractivity contribution is 5.31. The Morgan fingerprint density at radius 1 is 0.824 bits per heavy atom. The Hall–Kier alpha value is -2.94. The number of aliphatic hydroxyl groups excluding tert-OH is 1. The third kappa shape index (κ3) is 6.34. The Morgan fingerprint density at radius 2 is 1.41 bits per heavy atom. The van der Waals surface area contributed by atoms with E-state index >= 15 is 0 Å². The second-order valence-corrected chi connectivity index (χ2v) is 8.17. The van der Waals surface area contributed by atoms with Crippen molar-refractivity contribution in [3.05, 3.63) is 96.1 Å². The summed E-state index contributed by atoms with van der Waals surface area (Å²) in [6, 6.07) is 26.0. The minimum atomic E-state index is -0.981. The lowest BCUT2D eigenvalue weighted by molar-refractivity contribution is -0.253. The van der Waals surface area contributed by atoms with E-state index in [0.29, 0.717) is 24.7 Å². The van der Waals surface area contributed by atoms with Gasteiger partial charge >= 0.3 is 0 Å². The first-order valence-corrected chi connectivity index (χ1v) is 11.3. The highest BCUT2D eigenvalue weighted by atomic mass is 16.7. The molecule has 34 heavy (non-hydrogen) atoms. The Labute approximate surface area is 200 Å². The van der Waals surface area contributed by atoms with Crippen molar-refractivity contribution in [1.29, 1.82) is 0 Å². The maximum atomic E-state index is 11.0. The van der Waals surface area contributed by atoms with Gasteiger partial charge in [-0.05, 0) is 35.4 Å². The Morgan fingerprint density at radius 3 is 2.03 bits per heavy atom. The molecule has 7 nitrogen and oxygen atoms in total. The van der Waals surface area contributed by atoms with Gasteiger partial charge in [0.15, 0.2) is 0 Å². The molecule has 180 valence electrons. The molecule has 5 unspecified atom stereocenters. The van der Waals surface area contributed by atoms with E-state index < -0.39 is 30.6 Å². The Balaban J connectivity index is 1.45. The van der Waals surface area contributed by atoms with Crippen LogP contribution in [0.25, 0.3) is 0 Å². The molecule has 3 aromatic rings. The molecule has 0 radical (unpaired) electrons. The predicted octanol–water partition coefficient (Wildman–Crippen LogP) is 3.29. The quantitative estimate of drug-likeness (QED) is 0.475. The van der Waals surface area contributed by atoms with Gasteiger partial charge in [-0.3, -0.25) is 0 Å². The van der Waals surface area contributed by atoms with Crippen molar-refractivity contribution in [2.75, 3.05) is 13.7 Å². The number of benzene rings is 3. The zero-order valence-corrected chi connectivity index (χ0v) is 19.2. The molecule has 1 fully saturated rings. The second kappa shape index (κ2) is 12.0. The number of aliphatic hydroxyl groups is 1. The normalized spacial score (nSPS) is 24.5. The van der Waals surface area contributed by atoms with Crippen LogP contribution < -0.4 is 15.2 Å². The summed E-state index contributed by atoms with van der Waals surface area (Å²) in [6.45, 7) is 0.874. The molecule has 1 aliphatic heterocycles. The van der Waals surface area contributed by atoms with Crippen LogP contribution in [0.15, 0.2) is 84.9 Å². The molecule has 0 saturated carbocycles. The van der Waals surface area contributed by atoms with Gasteiger partial charge < -0.3 is 34.5 Å². The van der Waals surface area contributed by atoms with E-state index in [4.69, 9.17) is 29.4 Å². The number of nitrogens with two attached hydrogens (primary N) is 1. The van der Waals surface area contributed by atoms with E-state index in [1.165, 1.54) is 0 Å². The average molecular weight is 466 g/mol. The fraction of sp³-hybridized carbons (Fsp3) is 0.333. The number of methoxy groups -OCH3 is 1. The highest BCUT2D eigenvalue weighted by Gasteiger charge is 2.45. The molecule has 1 heterocycles. The molecule has 5 atom stereocenters. The molecule has 3 aromatic carbocycles. The number of hydrogen-bond acceptors (Lipinski definition) is 7. The lowest BCUT2D eigenvalue weighted by Gasteiger charge is -2.42. The van der Waals surface area contributed by atoms with Crippen molar-refractivity contribution in [1.82, 2.24) is 0 Å². The molecule has 0 aromatic heterocycles. The summed E-state index contributed by atoms with van der Waals surface area (Å²) in [5.74, 6) is 1.29. The Bertz CT molecular complexity index is 985. The largest absolute Gasteiger partial charge is 0.497 e. The lowest BCUT2D eigenvalue weighted by Crippen LogP contribution is -2.64. The molecular formula is C27H31NO6. The molecule has 0 amide bonds. The molecule has 1 aliphatic rings. The average Bonchev–Trinajstić information content (AvgIpc) is 2.88. The van der Waals surface area contributed by atoms with Gasteiger partial charge in [0.25, 0.3) is 0 Å². The van der Waals surface area contributed by atoms with Crippen LogP contribution in [0.1, 0.15) is 11.1 Å². The van der Waals surface area contributed by atoms with E-state index in [2.05, 4.69) is 0 Å². The lowest BCUT2D eigenvalue weighted by atomic mass is 9.97.